The van der Waals surface area contributed by atoms with Gasteiger partial charge in [0, 0.05) is 11.9 Å². The molecule has 2 aromatic carbocycles. The minimum atomic E-state index is -4.52. The maximum absolute atomic E-state index is 12.5. The Hall–Kier alpha value is -3.09. The molecule has 0 spiro atoms. The van der Waals surface area contributed by atoms with Gasteiger partial charge in [-0.05, 0) is 46.9 Å². The number of hydrogen-bond donors (Lipinski definition) is 1. The molecule has 3 aromatic rings. The smallest absolute Gasteiger partial charge is 0.324 e. The summed E-state index contributed by atoms with van der Waals surface area (Å²) in [6.45, 7) is -0.284. The zero-order valence-electron chi connectivity index (χ0n) is 13.5. The van der Waals surface area contributed by atoms with Crippen molar-refractivity contribution in [2.45, 2.75) is 19.1 Å². The van der Waals surface area contributed by atoms with Crippen molar-refractivity contribution < 1.29 is 18.0 Å². The van der Waals surface area contributed by atoms with Crippen molar-refractivity contribution in [3.05, 3.63) is 71.5 Å². The first-order valence-corrected chi connectivity index (χ1v) is 8.02. The second-order valence-electron chi connectivity index (χ2n) is 6.15. The van der Waals surface area contributed by atoms with E-state index in [1.54, 1.807) is 6.07 Å². The summed E-state index contributed by atoms with van der Waals surface area (Å²) in [4.78, 5) is 12.1. The van der Waals surface area contributed by atoms with Gasteiger partial charge in [0.15, 0.2) is 5.69 Å². The van der Waals surface area contributed by atoms with Crippen molar-refractivity contribution in [1.29, 1.82) is 0 Å². The number of anilines is 1. The zero-order valence-corrected chi connectivity index (χ0v) is 13.5. The number of rotatable bonds is 3. The highest BCUT2D eigenvalue weighted by Gasteiger charge is 2.33. The van der Waals surface area contributed by atoms with Crippen molar-refractivity contribution >= 4 is 11.6 Å². The Morgan fingerprint density at radius 3 is 2.62 bits per heavy atom. The Morgan fingerprint density at radius 2 is 1.85 bits per heavy atom. The number of halogens is 3. The van der Waals surface area contributed by atoms with E-state index in [0.29, 0.717) is 5.69 Å². The summed E-state index contributed by atoms with van der Waals surface area (Å²) in [7, 11) is 0. The fourth-order valence-electron chi connectivity index (χ4n) is 3.17. The number of hydrogen-bond acceptors (Lipinski definition) is 2. The van der Waals surface area contributed by atoms with E-state index in [-0.39, 0.29) is 6.54 Å². The number of amides is 1. The van der Waals surface area contributed by atoms with Crippen molar-refractivity contribution in [3.8, 4) is 11.1 Å². The molecule has 0 aliphatic heterocycles. The summed E-state index contributed by atoms with van der Waals surface area (Å²) >= 11 is 0. The summed E-state index contributed by atoms with van der Waals surface area (Å²) in [6, 6.07) is 14.6. The average molecular weight is 357 g/mol. The molecule has 1 N–H and O–H groups in total. The van der Waals surface area contributed by atoms with E-state index in [0.717, 1.165) is 34.5 Å². The van der Waals surface area contributed by atoms with Crippen LogP contribution in [-0.2, 0) is 23.9 Å². The first-order chi connectivity index (χ1) is 12.4. The predicted octanol–water partition coefficient (Wildman–Crippen LogP) is 4.11. The van der Waals surface area contributed by atoms with Gasteiger partial charge in [0.25, 0.3) is 0 Å². The third-order valence-corrected chi connectivity index (χ3v) is 4.31. The average Bonchev–Trinajstić information content (AvgIpc) is 3.18. The molecule has 0 bridgehead atoms. The second kappa shape index (κ2) is 6.01. The van der Waals surface area contributed by atoms with Gasteiger partial charge in [-0.25, -0.2) is 0 Å². The van der Waals surface area contributed by atoms with Crippen LogP contribution in [0.5, 0.6) is 0 Å². The van der Waals surface area contributed by atoms with Gasteiger partial charge in [-0.2, -0.15) is 18.3 Å². The minimum Gasteiger partial charge on any atom is -0.324 e. The minimum absolute atomic E-state index is 0.284. The molecule has 1 amide bonds. The number of nitrogens with one attached hydrogen (secondary N) is 1. The van der Waals surface area contributed by atoms with E-state index in [1.165, 1.54) is 11.1 Å². The molecule has 1 aromatic heterocycles. The molecule has 4 rings (SSSR count). The Balaban J connectivity index is 1.46. The number of aromatic nitrogens is 2. The molecule has 7 heteroatoms. The highest BCUT2D eigenvalue weighted by atomic mass is 19.4. The first-order valence-electron chi connectivity index (χ1n) is 8.02. The molecule has 0 atom stereocenters. The lowest BCUT2D eigenvalue weighted by molar-refractivity contribution is -0.141. The van der Waals surface area contributed by atoms with Gasteiger partial charge >= 0.3 is 6.18 Å². The van der Waals surface area contributed by atoms with Crippen LogP contribution in [0.15, 0.2) is 54.7 Å². The van der Waals surface area contributed by atoms with Crippen LogP contribution < -0.4 is 5.32 Å². The zero-order chi connectivity index (χ0) is 18.3. The van der Waals surface area contributed by atoms with Gasteiger partial charge in [0.1, 0.15) is 6.54 Å². The van der Waals surface area contributed by atoms with Crippen molar-refractivity contribution in [1.82, 2.24) is 9.78 Å². The molecular weight excluding hydrogens is 343 g/mol. The van der Waals surface area contributed by atoms with Crippen molar-refractivity contribution in [2.24, 2.45) is 0 Å². The van der Waals surface area contributed by atoms with E-state index >= 15 is 0 Å². The number of alkyl halides is 3. The molecule has 26 heavy (non-hydrogen) atoms. The van der Waals surface area contributed by atoms with E-state index in [9.17, 15) is 18.0 Å². The third-order valence-electron chi connectivity index (χ3n) is 4.31. The summed E-state index contributed by atoms with van der Waals surface area (Å²) in [6.07, 6.45) is -2.58. The topological polar surface area (TPSA) is 46.9 Å². The van der Waals surface area contributed by atoms with Crippen LogP contribution in [0.25, 0.3) is 11.1 Å². The summed E-state index contributed by atoms with van der Waals surface area (Å²) < 4.78 is 38.6. The summed E-state index contributed by atoms with van der Waals surface area (Å²) in [5.74, 6) is -0.433. The Morgan fingerprint density at radius 1 is 1.08 bits per heavy atom. The van der Waals surface area contributed by atoms with Gasteiger partial charge in [-0.1, -0.05) is 30.3 Å². The fourth-order valence-corrected chi connectivity index (χ4v) is 3.17. The van der Waals surface area contributed by atoms with Gasteiger partial charge in [0.05, 0.1) is 0 Å². The lowest BCUT2D eigenvalue weighted by Crippen LogP contribution is -2.19. The van der Waals surface area contributed by atoms with Crippen molar-refractivity contribution in [3.63, 3.8) is 0 Å². The van der Waals surface area contributed by atoms with E-state index < -0.39 is 17.8 Å². The molecule has 1 aliphatic rings. The Labute approximate surface area is 147 Å². The van der Waals surface area contributed by atoms with E-state index in [1.807, 2.05) is 24.3 Å². The molecule has 0 saturated carbocycles. The number of benzene rings is 2. The predicted molar refractivity (Wildman–Crippen MR) is 90.5 cm³/mol. The van der Waals surface area contributed by atoms with Crippen LogP contribution in [0.3, 0.4) is 0 Å². The lowest BCUT2D eigenvalue weighted by Gasteiger charge is -2.08. The lowest BCUT2D eigenvalue weighted by atomic mass is 10.1. The van der Waals surface area contributed by atoms with Crippen molar-refractivity contribution in [2.75, 3.05) is 5.32 Å². The molecule has 1 aliphatic carbocycles. The Bertz CT molecular complexity index is 992. The fraction of sp³-hybridized carbons (Fsp3) is 0.158. The number of carbonyl (C=O) groups is 1. The molecule has 132 valence electrons. The monoisotopic (exact) mass is 357 g/mol. The quantitative estimate of drug-likeness (QED) is 0.600. The van der Waals surface area contributed by atoms with Gasteiger partial charge in [-0.15, -0.1) is 0 Å². The molecular formula is C19H14F3N3O. The normalized spacial score (nSPS) is 12.6. The van der Waals surface area contributed by atoms with Crippen LogP contribution >= 0.6 is 0 Å². The largest absolute Gasteiger partial charge is 0.435 e. The molecule has 4 nitrogen and oxygen atoms in total. The SMILES string of the molecule is O=C(Cn1ccc(C(F)(F)F)n1)Nc1ccc2c(c1)Cc1ccccc1-2. The molecule has 0 fully saturated rings. The number of fused-ring (bicyclic) bond motifs is 3. The maximum atomic E-state index is 12.5. The number of nitrogens with zero attached hydrogens (tertiary/aromatic N) is 2. The summed E-state index contributed by atoms with van der Waals surface area (Å²) in [5.41, 5.74) is 4.28. The second-order valence-corrected chi connectivity index (χ2v) is 6.15. The molecule has 0 unspecified atom stereocenters. The van der Waals surface area contributed by atoms with E-state index in [4.69, 9.17) is 0 Å². The standard InChI is InChI=1S/C19H14F3N3O/c20-19(21,22)17-7-8-25(24-17)11-18(26)23-14-5-6-16-13(10-14)9-12-3-1-2-4-15(12)16/h1-8,10H,9,11H2,(H,23,26). The van der Waals surface area contributed by atoms with Gasteiger partial charge < -0.3 is 5.32 Å². The highest BCUT2D eigenvalue weighted by Crippen LogP contribution is 2.37. The van der Waals surface area contributed by atoms with E-state index in [2.05, 4.69) is 22.5 Å². The maximum Gasteiger partial charge on any atom is 0.435 e. The van der Waals surface area contributed by atoms with Crippen LogP contribution in [-0.4, -0.2) is 15.7 Å². The van der Waals surface area contributed by atoms with Crippen LogP contribution in [0.1, 0.15) is 16.8 Å². The van der Waals surface area contributed by atoms with Gasteiger partial charge in [-0.3, -0.25) is 9.48 Å². The highest BCUT2D eigenvalue weighted by molar-refractivity contribution is 5.91. The number of carbonyl (C=O) groups excluding carboxylic acids is 1. The van der Waals surface area contributed by atoms with Crippen LogP contribution in [0, 0.1) is 0 Å². The van der Waals surface area contributed by atoms with Crippen LogP contribution in [0.4, 0.5) is 18.9 Å². The molecule has 1 heterocycles. The summed E-state index contributed by atoms with van der Waals surface area (Å²) in [5, 5.41) is 6.09. The Kier molecular flexibility index (Phi) is 3.79. The molecule has 0 radical (unpaired) electrons. The molecule has 0 saturated heterocycles. The van der Waals surface area contributed by atoms with Gasteiger partial charge in [0.2, 0.25) is 5.91 Å². The third kappa shape index (κ3) is 3.08. The van der Waals surface area contributed by atoms with Crippen LogP contribution in [0.2, 0.25) is 0 Å². The first kappa shape index (κ1) is 16.4.